The van der Waals surface area contributed by atoms with Crippen LogP contribution in [0.1, 0.15) is 50.5 Å². The minimum Gasteiger partial charge on any atom is -0.369 e. The molecule has 1 N–H and O–H groups in total. The van der Waals surface area contributed by atoms with Gasteiger partial charge in [-0.3, -0.25) is 9.80 Å². The van der Waals surface area contributed by atoms with Gasteiger partial charge in [-0.15, -0.1) is 0 Å². The van der Waals surface area contributed by atoms with Gasteiger partial charge in [-0.2, -0.15) is 4.99 Å². The molecule has 0 atom stereocenters. The van der Waals surface area contributed by atoms with Gasteiger partial charge in [0.1, 0.15) is 23.0 Å². The van der Waals surface area contributed by atoms with Gasteiger partial charge in [0.15, 0.2) is 0 Å². The maximum absolute atomic E-state index is 14.2. The lowest BCUT2D eigenvalue weighted by Crippen LogP contribution is -2.62. The average Bonchev–Trinajstić information content (AvgIpc) is 3.46. The number of hydrogen-bond acceptors (Lipinski definition) is 4. The standard InChI is InChI=1S/C30H35FN6O/c1-35-18-15-32-27(35)23-8-5-7-22(19-23)21-36-16-13-30(14-17-36)28(33-25-10-3-2-4-11-25)34-29(38)37(30)26-12-6-9-24(31)20-26/h5-9,12,15,18-20,25H,2-4,10-11,13-14,16-17,21H2,1H3,(H,33,34,38). The number of amidine groups is 1. The molecule has 7 nitrogen and oxygen atoms in total. The van der Waals surface area contributed by atoms with E-state index in [9.17, 15) is 9.18 Å². The summed E-state index contributed by atoms with van der Waals surface area (Å²) in [6, 6.07) is 14.9. The fourth-order valence-electron chi connectivity index (χ4n) is 6.37. The van der Waals surface area contributed by atoms with Crippen LogP contribution in [0.25, 0.3) is 11.4 Å². The number of aryl methyl sites for hydroxylation is 1. The smallest absolute Gasteiger partial charge is 0.350 e. The number of carbonyl (C=O) groups is 1. The molecule has 0 radical (unpaired) electrons. The fourth-order valence-corrected chi connectivity index (χ4v) is 6.37. The van der Waals surface area contributed by atoms with Crippen LogP contribution >= 0.6 is 0 Å². The molecule has 2 amide bonds. The van der Waals surface area contributed by atoms with E-state index in [2.05, 4.69) is 44.5 Å². The van der Waals surface area contributed by atoms with Crippen molar-refractivity contribution >= 4 is 17.6 Å². The topological polar surface area (TPSA) is 65.8 Å². The summed E-state index contributed by atoms with van der Waals surface area (Å²) in [6.45, 7) is 2.46. The molecular weight excluding hydrogens is 479 g/mol. The minimum absolute atomic E-state index is 0.301. The summed E-state index contributed by atoms with van der Waals surface area (Å²) in [5.41, 5.74) is 2.34. The molecule has 38 heavy (non-hydrogen) atoms. The van der Waals surface area contributed by atoms with E-state index >= 15 is 0 Å². The molecule has 0 bridgehead atoms. The summed E-state index contributed by atoms with van der Waals surface area (Å²) in [5.74, 6) is 1.38. The molecule has 3 aliphatic rings. The average molecular weight is 515 g/mol. The number of anilines is 1. The second-order valence-electron chi connectivity index (χ2n) is 10.9. The lowest BCUT2D eigenvalue weighted by molar-refractivity contribution is 0.181. The first-order valence-electron chi connectivity index (χ1n) is 13.8. The predicted molar refractivity (Wildman–Crippen MR) is 148 cm³/mol. The Morgan fingerprint density at radius 3 is 2.58 bits per heavy atom. The lowest BCUT2D eigenvalue weighted by Gasteiger charge is -2.45. The number of aromatic nitrogens is 2. The summed E-state index contributed by atoms with van der Waals surface area (Å²) in [4.78, 5) is 26.5. The third-order valence-electron chi connectivity index (χ3n) is 8.38. The summed E-state index contributed by atoms with van der Waals surface area (Å²) in [7, 11) is 2.01. The van der Waals surface area contributed by atoms with Crippen LogP contribution in [-0.2, 0) is 13.6 Å². The second kappa shape index (κ2) is 10.3. The molecule has 2 aliphatic heterocycles. The Labute approximate surface area is 223 Å². The number of nitrogens with one attached hydrogen (secondary N) is 1. The van der Waals surface area contributed by atoms with Crippen LogP contribution in [0.15, 0.2) is 65.9 Å². The molecule has 1 saturated carbocycles. The normalized spacial score (nSPS) is 20.2. The molecule has 1 aromatic heterocycles. The summed E-state index contributed by atoms with van der Waals surface area (Å²) < 4.78 is 16.3. The Morgan fingerprint density at radius 2 is 1.84 bits per heavy atom. The summed E-state index contributed by atoms with van der Waals surface area (Å²) in [5, 5.41) is 3.68. The van der Waals surface area contributed by atoms with Gasteiger partial charge >= 0.3 is 6.03 Å². The Bertz CT molecular complexity index is 1340. The quantitative estimate of drug-likeness (QED) is 0.487. The zero-order valence-electron chi connectivity index (χ0n) is 21.9. The fraction of sp³-hybridized carbons (Fsp3) is 0.433. The van der Waals surface area contributed by atoms with Crippen molar-refractivity contribution < 1.29 is 9.18 Å². The number of urea groups is 1. The molecule has 0 unspecified atom stereocenters. The maximum Gasteiger partial charge on any atom is 0.350 e. The molecule has 8 heteroatoms. The van der Waals surface area contributed by atoms with Gasteiger partial charge in [-0.25, -0.2) is 14.2 Å². The van der Waals surface area contributed by atoms with Gasteiger partial charge in [0.2, 0.25) is 0 Å². The number of amides is 2. The van der Waals surface area contributed by atoms with Crippen molar-refractivity contribution in [1.82, 2.24) is 19.8 Å². The number of likely N-dealkylation sites (tertiary alicyclic amines) is 1. The minimum atomic E-state index is -0.576. The van der Waals surface area contributed by atoms with Crippen molar-refractivity contribution in [3.63, 3.8) is 0 Å². The Morgan fingerprint density at radius 1 is 1.05 bits per heavy atom. The SMILES string of the molecule is Cn1ccnc1-c1cccc(CN2CCC3(CC2)C(NC2CCCCC2)=NC(=O)N3c2cccc(F)c2)c1. The number of benzene rings is 2. The van der Waals surface area contributed by atoms with Crippen LogP contribution in [0.4, 0.5) is 14.9 Å². The van der Waals surface area contributed by atoms with Crippen LogP contribution in [0.2, 0.25) is 0 Å². The Hall–Kier alpha value is -3.52. The third kappa shape index (κ3) is 4.73. The van der Waals surface area contributed by atoms with Crippen molar-refractivity contribution in [2.75, 3.05) is 18.0 Å². The number of halogens is 1. The number of nitrogens with zero attached hydrogens (tertiary/aromatic N) is 5. The highest BCUT2D eigenvalue weighted by Crippen LogP contribution is 2.39. The highest BCUT2D eigenvalue weighted by atomic mass is 19.1. The van der Waals surface area contributed by atoms with Crippen LogP contribution < -0.4 is 10.2 Å². The van der Waals surface area contributed by atoms with Gasteiger partial charge in [-0.05, 0) is 55.5 Å². The molecule has 3 aromatic rings. The first-order valence-corrected chi connectivity index (χ1v) is 13.8. The molecule has 2 aromatic carbocycles. The Kier molecular flexibility index (Phi) is 6.74. The molecular formula is C30H35FN6O. The van der Waals surface area contributed by atoms with Gasteiger partial charge in [-0.1, -0.05) is 43.5 Å². The predicted octanol–water partition coefficient (Wildman–Crippen LogP) is 5.52. The first-order chi connectivity index (χ1) is 18.5. The van der Waals surface area contributed by atoms with Crippen molar-refractivity contribution in [3.8, 4) is 11.4 Å². The molecule has 2 fully saturated rings. The van der Waals surface area contributed by atoms with Gasteiger partial charge < -0.3 is 9.88 Å². The number of piperidine rings is 1. The maximum atomic E-state index is 14.2. The van der Waals surface area contributed by atoms with Gasteiger partial charge in [0.25, 0.3) is 0 Å². The van der Waals surface area contributed by atoms with Crippen molar-refractivity contribution in [2.24, 2.45) is 12.0 Å². The van der Waals surface area contributed by atoms with Crippen molar-refractivity contribution in [1.29, 1.82) is 0 Å². The van der Waals surface area contributed by atoms with Gasteiger partial charge in [0, 0.05) is 56.4 Å². The van der Waals surface area contributed by atoms with E-state index in [1.165, 1.54) is 37.0 Å². The molecule has 3 heterocycles. The van der Waals surface area contributed by atoms with Crippen LogP contribution in [0.3, 0.4) is 0 Å². The van der Waals surface area contributed by atoms with E-state index in [0.29, 0.717) is 11.7 Å². The van der Waals surface area contributed by atoms with E-state index in [-0.39, 0.29) is 11.8 Å². The summed E-state index contributed by atoms with van der Waals surface area (Å²) >= 11 is 0. The van der Waals surface area contributed by atoms with E-state index in [0.717, 1.165) is 62.5 Å². The van der Waals surface area contributed by atoms with E-state index in [1.807, 2.05) is 30.1 Å². The van der Waals surface area contributed by atoms with Crippen molar-refractivity contribution in [3.05, 3.63) is 72.3 Å². The van der Waals surface area contributed by atoms with Crippen LogP contribution in [0, 0.1) is 5.82 Å². The molecule has 1 spiro atoms. The number of rotatable bonds is 5. The zero-order chi connectivity index (χ0) is 26.1. The molecule has 198 valence electrons. The highest BCUT2D eigenvalue weighted by molar-refractivity contribution is 6.16. The molecule has 1 saturated heterocycles. The van der Waals surface area contributed by atoms with Crippen LogP contribution in [-0.4, -0.2) is 51.0 Å². The molecule has 6 rings (SSSR count). The lowest BCUT2D eigenvalue weighted by atomic mass is 9.83. The first kappa shape index (κ1) is 24.8. The monoisotopic (exact) mass is 514 g/mol. The number of aliphatic imine (C=N–C) groups is 1. The second-order valence-corrected chi connectivity index (χ2v) is 10.9. The largest absolute Gasteiger partial charge is 0.369 e. The summed E-state index contributed by atoms with van der Waals surface area (Å²) in [6.07, 6.45) is 11.1. The number of hydrogen-bond donors (Lipinski definition) is 1. The highest BCUT2D eigenvalue weighted by Gasteiger charge is 2.52. The third-order valence-corrected chi connectivity index (χ3v) is 8.38. The van der Waals surface area contributed by atoms with Gasteiger partial charge in [0.05, 0.1) is 0 Å². The number of imidazole rings is 1. The van der Waals surface area contributed by atoms with E-state index in [1.54, 1.807) is 11.0 Å². The number of carbonyl (C=O) groups excluding carboxylic acids is 1. The van der Waals surface area contributed by atoms with E-state index < -0.39 is 5.54 Å². The zero-order valence-corrected chi connectivity index (χ0v) is 21.9. The Balaban J connectivity index is 1.23. The van der Waals surface area contributed by atoms with E-state index in [4.69, 9.17) is 0 Å². The molecule has 1 aliphatic carbocycles. The van der Waals surface area contributed by atoms with Crippen molar-refractivity contribution in [2.45, 2.75) is 63.1 Å². The van der Waals surface area contributed by atoms with Crippen LogP contribution in [0.5, 0.6) is 0 Å².